The van der Waals surface area contributed by atoms with Crippen molar-refractivity contribution in [3.63, 3.8) is 0 Å². The Kier molecular flexibility index (Phi) is 3.32. The number of nitrogens with zero attached hydrogens (tertiary/aromatic N) is 3. The van der Waals surface area contributed by atoms with Gasteiger partial charge in [-0.05, 0) is 30.2 Å². The van der Waals surface area contributed by atoms with Gasteiger partial charge in [0.05, 0.1) is 5.69 Å². The van der Waals surface area contributed by atoms with Gasteiger partial charge in [-0.1, -0.05) is 23.7 Å². The molecule has 4 heteroatoms. The van der Waals surface area contributed by atoms with Crippen LogP contribution in [0.25, 0.3) is 5.57 Å². The number of aromatic nitrogens is 2. The molecule has 0 aliphatic carbocycles. The highest BCUT2D eigenvalue weighted by atomic mass is 15.2. The van der Waals surface area contributed by atoms with Crippen molar-refractivity contribution in [2.75, 3.05) is 18.0 Å². The molecule has 2 aromatic heterocycles. The number of pyridine rings is 2. The quantitative estimate of drug-likeness (QED) is 0.754. The molecule has 0 fully saturated rings. The van der Waals surface area contributed by atoms with Gasteiger partial charge in [-0.3, -0.25) is 4.98 Å². The molecule has 0 saturated heterocycles. The van der Waals surface area contributed by atoms with Gasteiger partial charge in [-0.2, -0.15) is 0 Å². The van der Waals surface area contributed by atoms with Crippen LogP contribution in [0.1, 0.15) is 12.1 Å². The average molecular weight is 247 g/mol. The highest BCUT2D eigenvalue weighted by Crippen LogP contribution is 2.22. The topological polar surface area (TPSA) is 29.0 Å². The minimum atomic E-state index is 0.700. The third-order valence-electron chi connectivity index (χ3n) is 3.30. The van der Waals surface area contributed by atoms with Crippen LogP contribution in [0.2, 0.25) is 0 Å². The summed E-state index contributed by atoms with van der Waals surface area (Å²) >= 11 is 0. The smallest absolute Gasteiger partial charge is 0.128 e. The molecule has 2 aromatic rings. The molecule has 3 rings (SSSR count). The van der Waals surface area contributed by atoms with Crippen molar-refractivity contribution in [2.45, 2.75) is 6.42 Å². The summed E-state index contributed by atoms with van der Waals surface area (Å²) in [6, 6.07) is 9.88. The predicted molar refractivity (Wildman–Crippen MR) is 78.7 cm³/mol. The summed E-state index contributed by atoms with van der Waals surface area (Å²) in [5, 5.41) is 0. The largest absolute Gasteiger partial charge is 0.353 e. The maximum Gasteiger partial charge on any atom is 0.128 e. The zero-order chi connectivity index (χ0) is 13.1. The van der Waals surface area contributed by atoms with Crippen LogP contribution in [-0.2, 0) is 0 Å². The van der Waals surface area contributed by atoms with Crippen LogP contribution in [0.15, 0.2) is 48.8 Å². The van der Waals surface area contributed by atoms with Gasteiger partial charge in [0.1, 0.15) is 13.7 Å². The van der Waals surface area contributed by atoms with Gasteiger partial charge in [-0.25, -0.2) is 4.98 Å². The van der Waals surface area contributed by atoms with Crippen molar-refractivity contribution in [3.8, 4) is 0 Å². The molecule has 1 aliphatic rings. The van der Waals surface area contributed by atoms with Gasteiger partial charge in [-0.15, -0.1) is 0 Å². The lowest BCUT2D eigenvalue weighted by Gasteiger charge is -2.27. The van der Waals surface area contributed by atoms with E-state index in [4.69, 9.17) is 7.85 Å². The van der Waals surface area contributed by atoms with Crippen molar-refractivity contribution < 1.29 is 0 Å². The molecular weight excluding hydrogens is 233 g/mol. The van der Waals surface area contributed by atoms with Crippen LogP contribution in [-0.4, -0.2) is 30.9 Å². The van der Waals surface area contributed by atoms with Crippen LogP contribution in [0.3, 0.4) is 0 Å². The molecule has 0 unspecified atom stereocenters. The second kappa shape index (κ2) is 5.27. The van der Waals surface area contributed by atoms with Crippen LogP contribution in [0.5, 0.6) is 0 Å². The summed E-state index contributed by atoms with van der Waals surface area (Å²) in [6.45, 7) is 1.82. The molecule has 2 radical (unpaired) electrons. The first-order valence-electron chi connectivity index (χ1n) is 6.40. The number of hydrogen-bond donors (Lipinski definition) is 0. The molecule has 92 valence electrons. The minimum Gasteiger partial charge on any atom is -0.353 e. The van der Waals surface area contributed by atoms with Gasteiger partial charge in [0.15, 0.2) is 0 Å². The van der Waals surface area contributed by atoms with E-state index in [1.165, 1.54) is 5.57 Å². The Balaban J connectivity index is 1.75. The van der Waals surface area contributed by atoms with Crippen LogP contribution < -0.4 is 10.4 Å². The van der Waals surface area contributed by atoms with Gasteiger partial charge >= 0.3 is 0 Å². The van der Waals surface area contributed by atoms with E-state index < -0.39 is 0 Å². The Morgan fingerprint density at radius 2 is 2.05 bits per heavy atom. The monoisotopic (exact) mass is 247 g/mol. The minimum absolute atomic E-state index is 0.700. The number of anilines is 1. The van der Waals surface area contributed by atoms with Gasteiger partial charge in [0.2, 0.25) is 0 Å². The average Bonchev–Trinajstić information content (AvgIpc) is 2.49. The summed E-state index contributed by atoms with van der Waals surface area (Å²) in [4.78, 5) is 11.0. The summed E-state index contributed by atoms with van der Waals surface area (Å²) in [5.74, 6) is 0.977. The highest BCUT2D eigenvalue weighted by molar-refractivity contribution is 6.32. The fourth-order valence-electron chi connectivity index (χ4n) is 2.25. The van der Waals surface area contributed by atoms with Gasteiger partial charge < -0.3 is 4.90 Å². The van der Waals surface area contributed by atoms with E-state index >= 15 is 0 Å². The summed E-state index contributed by atoms with van der Waals surface area (Å²) in [6.07, 6.45) is 6.75. The molecule has 0 N–H and O–H groups in total. The predicted octanol–water partition coefficient (Wildman–Crippen LogP) is 1.56. The normalized spacial score (nSPS) is 15.2. The van der Waals surface area contributed by atoms with Crippen molar-refractivity contribution in [1.29, 1.82) is 0 Å². The Bertz CT molecular complexity index is 578. The summed E-state index contributed by atoms with van der Waals surface area (Å²) in [7, 11) is 5.65. The molecule has 19 heavy (non-hydrogen) atoms. The maximum atomic E-state index is 5.65. The first-order chi connectivity index (χ1) is 9.33. The Morgan fingerprint density at radius 1 is 1.11 bits per heavy atom. The van der Waals surface area contributed by atoms with Crippen molar-refractivity contribution >= 4 is 24.7 Å². The summed E-state index contributed by atoms with van der Waals surface area (Å²) in [5.41, 5.74) is 3.09. The second-order valence-electron chi connectivity index (χ2n) is 4.59. The first-order valence-corrected chi connectivity index (χ1v) is 6.40. The standard InChI is InChI=1S/C15H14BN3/c16-13-4-5-15(18-11-13)19-9-6-12(7-10-19)14-3-1-2-8-17-14/h1-6,8,11H,7,9-10H2. The van der Waals surface area contributed by atoms with Crippen LogP contribution in [0.4, 0.5) is 5.82 Å². The third-order valence-corrected chi connectivity index (χ3v) is 3.30. The molecule has 0 bridgehead atoms. The lowest BCUT2D eigenvalue weighted by atomic mass is 9.99. The molecule has 0 atom stereocenters. The molecule has 1 aliphatic heterocycles. The second-order valence-corrected chi connectivity index (χ2v) is 4.59. The molecule has 3 nitrogen and oxygen atoms in total. The Hall–Kier alpha value is -2.10. The van der Waals surface area contributed by atoms with E-state index in [1.807, 2.05) is 30.5 Å². The Labute approximate surface area is 114 Å². The zero-order valence-corrected chi connectivity index (χ0v) is 10.7. The summed E-state index contributed by atoms with van der Waals surface area (Å²) < 4.78 is 0. The molecule has 0 aromatic carbocycles. The molecular formula is C15H14BN3. The SMILES string of the molecule is [B]c1ccc(N2CC=C(c3ccccn3)CC2)nc1. The van der Waals surface area contributed by atoms with E-state index in [0.29, 0.717) is 5.46 Å². The van der Waals surface area contributed by atoms with Gasteiger partial charge in [0, 0.05) is 25.5 Å². The van der Waals surface area contributed by atoms with E-state index in [9.17, 15) is 0 Å². The molecule has 0 spiro atoms. The Morgan fingerprint density at radius 3 is 2.68 bits per heavy atom. The zero-order valence-electron chi connectivity index (χ0n) is 10.7. The van der Waals surface area contributed by atoms with Crippen LogP contribution >= 0.6 is 0 Å². The lowest BCUT2D eigenvalue weighted by molar-refractivity contribution is 0.814. The fraction of sp³-hybridized carbons (Fsp3) is 0.200. The van der Waals surface area contributed by atoms with Crippen molar-refractivity contribution in [1.82, 2.24) is 9.97 Å². The molecule has 0 amide bonds. The highest BCUT2D eigenvalue weighted by Gasteiger charge is 2.14. The molecule has 3 heterocycles. The maximum absolute atomic E-state index is 5.65. The third kappa shape index (κ3) is 2.68. The molecule has 0 saturated carbocycles. The van der Waals surface area contributed by atoms with Crippen molar-refractivity contribution in [3.05, 3.63) is 54.5 Å². The lowest BCUT2D eigenvalue weighted by Crippen LogP contribution is -2.29. The number of hydrogen-bond acceptors (Lipinski definition) is 3. The van der Waals surface area contributed by atoms with E-state index in [2.05, 4.69) is 27.0 Å². The van der Waals surface area contributed by atoms with Crippen molar-refractivity contribution in [2.24, 2.45) is 0 Å². The van der Waals surface area contributed by atoms with E-state index in [0.717, 1.165) is 31.0 Å². The van der Waals surface area contributed by atoms with Crippen LogP contribution in [0, 0.1) is 0 Å². The van der Waals surface area contributed by atoms with E-state index in [-0.39, 0.29) is 0 Å². The first kappa shape index (κ1) is 12.0. The van der Waals surface area contributed by atoms with Gasteiger partial charge in [0.25, 0.3) is 0 Å². The van der Waals surface area contributed by atoms with E-state index in [1.54, 1.807) is 6.20 Å². The number of rotatable bonds is 2. The fourth-order valence-corrected chi connectivity index (χ4v) is 2.25.